The van der Waals surface area contributed by atoms with Gasteiger partial charge in [-0.3, -0.25) is 4.79 Å². The van der Waals surface area contributed by atoms with Crippen molar-refractivity contribution in [3.63, 3.8) is 0 Å². The van der Waals surface area contributed by atoms with Crippen LogP contribution in [-0.4, -0.2) is 17.8 Å². The highest BCUT2D eigenvalue weighted by Gasteiger charge is 2.50. The Hall–Kier alpha value is -2.24. The summed E-state index contributed by atoms with van der Waals surface area (Å²) in [6.07, 6.45) is 0. The molecule has 0 aliphatic carbocycles. The lowest BCUT2D eigenvalue weighted by molar-refractivity contribution is -0.129. The summed E-state index contributed by atoms with van der Waals surface area (Å²) in [7, 11) is 0. The monoisotopic (exact) mass is 303 g/mol. The third-order valence-electron chi connectivity index (χ3n) is 3.74. The summed E-state index contributed by atoms with van der Waals surface area (Å²) in [5.74, 6) is 0.298. The summed E-state index contributed by atoms with van der Waals surface area (Å²) in [4.78, 5) is 12.4. The predicted molar refractivity (Wildman–Crippen MR) is 75.6 cm³/mol. The van der Waals surface area contributed by atoms with Gasteiger partial charge < -0.3 is 19.9 Å². The molecular formula is C15H10ClNO4. The maximum Gasteiger partial charge on any atom is 0.266 e. The van der Waals surface area contributed by atoms with Crippen LogP contribution >= 0.6 is 11.6 Å². The van der Waals surface area contributed by atoms with Crippen LogP contribution in [0.5, 0.6) is 11.5 Å². The molecule has 5 nitrogen and oxygen atoms in total. The standard InChI is InChI=1S/C15H10ClNO4/c16-9-4-2-5-10-12(9)15(19,14(18)17-10)8-3-1-6-11-13(8)21-7-20-11/h1-6,19H,7H2,(H,17,18). The Bertz CT molecular complexity index is 776. The molecule has 21 heavy (non-hydrogen) atoms. The van der Waals surface area contributed by atoms with Crippen molar-refractivity contribution < 1.29 is 19.4 Å². The second-order valence-corrected chi connectivity index (χ2v) is 5.27. The first-order valence-corrected chi connectivity index (χ1v) is 6.72. The van der Waals surface area contributed by atoms with E-state index in [-0.39, 0.29) is 6.79 Å². The lowest BCUT2D eigenvalue weighted by atomic mass is 9.86. The Kier molecular flexibility index (Phi) is 2.46. The molecule has 4 rings (SSSR count). The summed E-state index contributed by atoms with van der Waals surface area (Å²) in [5, 5.41) is 14.1. The van der Waals surface area contributed by atoms with Crippen molar-refractivity contribution in [1.29, 1.82) is 0 Å². The number of hydrogen-bond donors (Lipinski definition) is 2. The van der Waals surface area contributed by atoms with E-state index >= 15 is 0 Å². The fourth-order valence-corrected chi connectivity index (χ4v) is 3.11. The molecule has 2 aromatic carbocycles. The number of nitrogens with one attached hydrogen (secondary N) is 1. The minimum absolute atomic E-state index is 0.0550. The van der Waals surface area contributed by atoms with Gasteiger partial charge in [-0.05, 0) is 18.2 Å². The van der Waals surface area contributed by atoms with Crippen LogP contribution < -0.4 is 14.8 Å². The number of benzene rings is 2. The molecule has 106 valence electrons. The topological polar surface area (TPSA) is 67.8 Å². The third kappa shape index (κ3) is 1.53. The quantitative estimate of drug-likeness (QED) is 0.848. The molecule has 2 aliphatic heterocycles. The Labute approximate surface area is 125 Å². The van der Waals surface area contributed by atoms with Gasteiger partial charge in [0.05, 0.1) is 0 Å². The number of ether oxygens (including phenoxy) is 2. The molecule has 1 atom stereocenters. The van der Waals surface area contributed by atoms with Gasteiger partial charge in [-0.15, -0.1) is 0 Å². The van der Waals surface area contributed by atoms with Crippen LogP contribution in [-0.2, 0) is 10.4 Å². The first-order valence-electron chi connectivity index (χ1n) is 6.34. The molecular weight excluding hydrogens is 294 g/mol. The highest BCUT2D eigenvalue weighted by Crippen LogP contribution is 2.50. The van der Waals surface area contributed by atoms with E-state index in [4.69, 9.17) is 21.1 Å². The number of aliphatic hydroxyl groups is 1. The van der Waals surface area contributed by atoms with Crippen LogP contribution in [0, 0.1) is 0 Å². The Morgan fingerprint density at radius 2 is 2.00 bits per heavy atom. The third-order valence-corrected chi connectivity index (χ3v) is 4.05. The highest BCUT2D eigenvalue weighted by molar-refractivity contribution is 6.33. The molecule has 0 bridgehead atoms. The summed E-state index contributed by atoms with van der Waals surface area (Å²) < 4.78 is 10.7. The smallest absolute Gasteiger partial charge is 0.266 e. The highest BCUT2D eigenvalue weighted by atomic mass is 35.5. The molecule has 2 aromatic rings. The van der Waals surface area contributed by atoms with E-state index in [2.05, 4.69) is 5.32 Å². The maximum absolute atomic E-state index is 12.4. The molecule has 0 radical (unpaired) electrons. The van der Waals surface area contributed by atoms with Crippen LogP contribution in [0.4, 0.5) is 5.69 Å². The van der Waals surface area contributed by atoms with Crippen molar-refractivity contribution in [2.24, 2.45) is 0 Å². The number of rotatable bonds is 1. The van der Waals surface area contributed by atoms with E-state index in [0.29, 0.717) is 33.3 Å². The molecule has 0 saturated carbocycles. The van der Waals surface area contributed by atoms with Crippen LogP contribution in [0.3, 0.4) is 0 Å². The minimum atomic E-state index is -1.90. The second kappa shape index (κ2) is 4.13. The largest absolute Gasteiger partial charge is 0.454 e. The van der Waals surface area contributed by atoms with Gasteiger partial charge in [0.1, 0.15) is 0 Å². The molecule has 6 heteroatoms. The number of halogens is 1. The van der Waals surface area contributed by atoms with Crippen LogP contribution in [0.25, 0.3) is 0 Å². The van der Waals surface area contributed by atoms with Crippen molar-refractivity contribution in [3.8, 4) is 11.5 Å². The van der Waals surface area contributed by atoms with E-state index in [1.165, 1.54) is 0 Å². The van der Waals surface area contributed by atoms with E-state index < -0.39 is 11.5 Å². The van der Waals surface area contributed by atoms with Gasteiger partial charge in [-0.25, -0.2) is 0 Å². The Balaban J connectivity index is 2.01. The summed E-state index contributed by atoms with van der Waals surface area (Å²) in [5.41, 5.74) is -0.749. The molecule has 1 unspecified atom stereocenters. The molecule has 0 aromatic heterocycles. The molecule has 2 N–H and O–H groups in total. The lowest BCUT2D eigenvalue weighted by Gasteiger charge is -2.23. The summed E-state index contributed by atoms with van der Waals surface area (Å²) >= 11 is 6.20. The van der Waals surface area contributed by atoms with Crippen molar-refractivity contribution in [3.05, 3.63) is 52.5 Å². The maximum atomic E-state index is 12.4. The summed E-state index contributed by atoms with van der Waals surface area (Å²) in [6, 6.07) is 10.1. The number of anilines is 1. The summed E-state index contributed by atoms with van der Waals surface area (Å²) in [6.45, 7) is 0.0550. The SMILES string of the molecule is O=C1Nc2cccc(Cl)c2C1(O)c1cccc2c1OCO2. The molecule has 0 fully saturated rings. The first kappa shape index (κ1) is 12.5. The number of carbonyl (C=O) groups excluding carboxylic acids is 1. The van der Waals surface area contributed by atoms with Gasteiger partial charge in [-0.1, -0.05) is 29.8 Å². The van der Waals surface area contributed by atoms with Crippen LogP contribution in [0.1, 0.15) is 11.1 Å². The van der Waals surface area contributed by atoms with Gasteiger partial charge in [0, 0.05) is 21.8 Å². The Morgan fingerprint density at radius 3 is 2.86 bits per heavy atom. The predicted octanol–water partition coefficient (Wildman–Crippen LogP) is 2.26. The van der Waals surface area contributed by atoms with Crippen LogP contribution in [0.15, 0.2) is 36.4 Å². The zero-order chi connectivity index (χ0) is 14.6. The first-order chi connectivity index (χ1) is 10.1. The number of hydrogen-bond acceptors (Lipinski definition) is 4. The number of amides is 1. The van der Waals surface area contributed by atoms with Gasteiger partial charge >= 0.3 is 0 Å². The molecule has 2 aliphatic rings. The van der Waals surface area contributed by atoms with E-state index in [0.717, 1.165) is 0 Å². The van der Waals surface area contributed by atoms with Crippen molar-refractivity contribution in [1.82, 2.24) is 0 Å². The number of para-hydroxylation sites is 1. The number of carbonyl (C=O) groups is 1. The van der Waals surface area contributed by atoms with Gasteiger partial charge in [0.2, 0.25) is 12.4 Å². The molecule has 1 amide bonds. The normalized spacial score (nSPS) is 22.1. The molecule has 0 spiro atoms. The zero-order valence-electron chi connectivity index (χ0n) is 10.7. The zero-order valence-corrected chi connectivity index (χ0v) is 11.5. The van der Waals surface area contributed by atoms with E-state index in [9.17, 15) is 9.90 Å². The second-order valence-electron chi connectivity index (χ2n) is 4.87. The molecule has 2 heterocycles. The average molecular weight is 304 g/mol. The Morgan fingerprint density at radius 1 is 1.19 bits per heavy atom. The molecule has 0 saturated heterocycles. The van der Waals surface area contributed by atoms with Gasteiger partial charge in [-0.2, -0.15) is 0 Å². The number of fused-ring (bicyclic) bond motifs is 2. The van der Waals surface area contributed by atoms with Crippen molar-refractivity contribution >= 4 is 23.2 Å². The van der Waals surface area contributed by atoms with E-state index in [1.807, 2.05) is 0 Å². The lowest BCUT2D eigenvalue weighted by Crippen LogP contribution is -2.35. The fourth-order valence-electron chi connectivity index (χ4n) is 2.79. The minimum Gasteiger partial charge on any atom is -0.454 e. The van der Waals surface area contributed by atoms with Gasteiger partial charge in [0.15, 0.2) is 11.5 Å². The van der Waals surface area contributed by atoms with Gasteiger partial charge in [0.25, 0.3) is 5.91 Å². The van der Waals surface area contributed by atoms with Crippen LogP contribution in [0.2, 0.25) is 5.02 Å². The average Bonchev–Trinajstić information content (AvgIpc) is 3.03. The van der Waals surface area contributed by atoms with E-state index in [1.54, 1.807) is 36.4 Å². The fraction of sp³-hybridized carbons (Fsp3) is 0.133. The van der Waals surface area contributed by atoms with Crippen molar-refractivity contribution in [2.75, 3.05) is 12.1 Å². The van der Waals surface area contributed by atoms with Crippen molar-refractivity contribution in [2.45, 2.75) is 5.60 Å².